The van der Waals surface area contributed by atoms with Crippen LogP contribution >= 0.6 is 0 Å². The predicted molar refractivity (Wildman–Crippen MR) is 68.4 cm³/mol. The van der Waals surface area contributed by atoms with Gasteiger partial charge in [0, 0.05) is 0 Å². The summed E-state index contributed by atoms with van der Waals surface area (Å²) in [7, 11) is 0. The Morgan fingerprint density at radius 1 is 0.857 bits per heavy atom. The summed E-state index contributed by atoms with van der Waals surface area (Å²) < 4.78 is 0. The van der Waals surface area contributed by atoms with Crippen LogP contribution in [0.3, 0.4) is 0 Å². The van der Waals surface area contributed by atoms with Crippen molar-refractivity contribution in [2.75, 3.05) is 0 Å². The van der Waals surface area contributed by atoms with E-state index in [0.29, 0.717) is 0 Å². The molecular weight excluding hydrogens is 168 g/mol. The minimum Gasteiger partial charge on any atom is -0.0991 e. The van der Waals surface area contributed by atoms with Gasteiger partial charge in [0.1, 0.15) is 0 Å². The van der Waals surface area contributed by atoms with Crippen LogP contribution in [0.1, 0.15) is 26.7 Å². The summed E-state index contributed by atoms with van der Waals surface area (Å²) >= 11 is 0. The second-order valence-electron chi connectivity index (χ2n) is 2.29. The Bertz CT molecular complexity index is 170. The van der Waals surface area contributed by atoms with E-state index < -0.39 is 0 Å². The van der Waals surface area contributed by atoms with Crippen molar-refractivity contribution in [3.05, 3.63) is 61.8 Å². The van der Waals surface area contributed by atoms with Crippen LogP contribution < -0.4 is 0 Å². The number of hydrogen-bond acceptors (Lipinski definition) is 0. The van der Waals surface area contributed by atoms with Crippen LogP contribution in [0.5, 0.6) is 0 Å². The van der Waals surface area contributed by atoms with Crippen molar-refractivity contribution in [2.45, 2.75) is 26.7 Å². The molecule has 0 aromatic rings. The quantitative estimate of drug-likeness (QED) is 0.547. The number of rotatable bonds is 2. The molecule has 0 bridgehead atoms. The molecule has 0 radical (unpaired) electrons. The van der Waals surface area contributed by atoms with Gasteiger partial charge in [-0.2, -0.15) is 0 Å². The maximum Gasteiger partial charge on any atom is -0.0313 e. The third-order valence-corrected chi connectivity index (χ3v) is 1.27. The highest BCUT2D eigenvalue weighted by molar-refractivity contribution is 5.07. The molecule has 0 nitrogen and oxygen atoms in total. The summed E-state index contributed by atoms with van der Waals surface area (Å²) in [5, 5.41) is 0. The van der Waals surface area contributed by atoms with Crippen LogP contribution in [-0.4, -0.2) is 0 Å². The van der Waals surface area contributed by atoms with Crippen molar-refractivity contribution in [3.8, 4) is 0 Å². The summed E-state index contributed by atoms with van der Waals surface area (Å²) in [6.45, 7) is 10.9. The fraction of sp³-hybridized carbons (Fsp3) is 0.286. The van der Waals surface area contributed by atoms with Crippen molar-refractivity contribution >= 4 is 0 Å². The molecule has 0 aromatic carbocycles. The fourth-order valence-electron chi connectivity index (χ4n) is 0.699. The minimum absolute atomic E-state index is 1.23. The lowest BCUT2D eigenvalue weighted by Crippen LogP contribution is -1.67. The van der Waals surface area contributed by atoms with Crippen molar-refractivity contribution in [2.24, 2.45) is 0 Å². The summed E-state index contributed by atoms with van der Waals surface area (Å²) in [4.78, 5) is 0. The van der Waals surface area contributed by atoms with Crippen LogP contribution in [0.4, 0.5) is 0 Å². The molecular formula is C14H22. The standard InChI is InChI=1S/2C6H8.C2H6/c1-2-4-6-5-3-1;1-3-5-6-4-2;1-2/h1-4H,5-6H2;3-6H,1-2H2;1-2H3/b;6-5-;. The van der Waals surface area contributed by atoms with Gasteiger partial charge in [0.05, 0.1) is 0 Å². The smallest absolute Gasteiger partial charge is 0.0313 e. The highest BCUT2D eigenvalue weighted by Gasteiger charge is 1.77. The molecule has 1 rings (SSSR count). The predicted octanol–water partition coefficient (Wildman–Crippen LogP) is 4.83. The Morgan fingerprint density at radius 3 is 1.36 bits per heavy atom. The van der Waals surface area contributed by atoms with Gasteiger partial charge in [0.2, 0.25) is 0 Å². The highest BCUT2D eigenvalue weighted by Crippen LogP contribution is 1.98. The Morgan fingerprint density at radius 2 is 1.21 bits per heavy atom. The molecule has 0 aliphatic heterocycles. The normalized spacial score (nSPS) is 12.1. The number of hydrogen-bond donors (Lipinski definition) is 0. The molecule has 1 aliphatic rings. The zero-order valence-electron chi connectivity index (χ0n) is 9.45. The molecule has 0 unspecified atom stereocenters. The molecule has 1 aliphatic carbocycles. The lowest BCUT2D eigenvalue weighted by molar-refractivity contribution is 1.04. The van der Waals surface area contributed by atoms with Crippen LogP contribution in [-0.2, 0) is 0 Å². The van der Waals surface area contributed by atoms with E-state index in [1.807, 2.05) is 26.0 Å². The van der Waals surface area contributed by atoms with Crippen LogP contribution in [0, 0.1) is 0 Å². The van der Waals surface area contributed by atoms with Gasteiger partial charge in [-0.05, 0) is 12.8 Å². The average molecular weight is 190 g/mol. The summed E-state index contributed by atoms with van der Waals surface area (Å²) in [6, 6.07) is 0. The van der Waals surface area contributed by atoms with E-state index in [1.54, 1.807) is 12.2 Å². The first kappa shape index (κ1) is 15.2. The fourth-order valence-corrected chi connectivity index (χ4v) is 0.699. The van der Waals surface area contributed by atoms with Gasteiger partial charge < -0.3 is 0 Å². The van der Waals surface area contributed by atoms with Gasteiger partial charge in [-0.25, -0.2) is 0 Å². The average Bonchev–Trinajstić information content (AvgIpc) is 2.32. The SMILES string of the molecule is C1=CCCC=C1.C=C/C=C\C=C.CC. The van der Waals surface area contributed by atoms with E-state index in [0.717, 1.165) is 0 Å². The second kappa shape index (κ2) is 17.7. The molecule has 0 N–H and O–H groups in total. The van der Waals surface area contributed by atoms with E-state index in [-0.39, 0.29) is 0 Å². The lowest BCUT2D eigenvalue weighted by atomic mass is 10.2. The van der Waals surface area contributed by atoms with Crippen molar-refractivity contribution in [1.82, 2.24) is 0 Å². The Labute approximate surface area is 89.0 Å². The van der Waals surface area contributed by atoms with E-state index in [4.69, 9.17) is 0 Å². The van der Waals surface area contributed by atoms with Crippen molar-refractivity contribution < 1.29 is 0 Å². The minimum atomic E-state index is 1.23. The molecule has 0 fully saturated rings. The Hall–Kier alpha value is -1.30. The maximum atomic E-state index is 3.46. The van der Waals surface area contributed by atoms with Gasteiger partial charge in [-0.15, -0.1) is 0 Å². The second-order valence-corrected chi connectivity index (χ2v) is 2.29. The molecule has 0 saturated carbocycles. The zero-order chi connectivity index (χ0) is 11.1. The molecule has 0 heteroatoms. The van der Waals surface area contributed by atoms with Gasteiger partial charge in [-0.3, -0.25) is 0 Å². The first-order valence-electron chi connectivity index (χ1n) is 5.13. The lowest BCUT2D eigenvalue weighted by Gasteiger charge is -1.88. The van der Waals surface area contributed by atoms with Crippen LogP contribution in [0.25, 0.3) is 0 Å². The molecule has 0 heterocycles. The Kier molecular flexibility index (Phi) is 19.2. The monoisotopic (exact) mass is 190 g/mol. The van der Waals surface area contributed by atoms with Gasteiger partial charge in [-0.1, -0.05) is 75.6 Å². The molecule has 0 spiro atoms. The van der Waals surface area contributed by atoms with E-state index >= 15 is 0 Å². The van der Waals surface area contributed by atoms with Crippen LogP contribution in [0.2, 0.25) is 0 Å². The summed E-state index contributed by atoms with van der Waals surface area (Å²) in [6.07, 6.45) is 18.1. The number of allylic oxidation sites excluding steroid dienone is 8. The highest BCUT2D eigenvalue weighted by atomic mass is 13.8. The third-order valence-electron chi connectivity index (χ3n) is 1.27. The molecule has 0 atom stereocenters. The van der Waals surface area contributed by atoms with E-state index in [1.165, 1.54) is 12.8 Å². The van der Waals surface area contributed by atoms with Gasteiger partial charge in [0.25, 0.3) is 0 Å². The van der Waals surface area contributed by atoms with Crippen LogP contribution in [0.15, 0.2) is 61.8 Å². The molecule has 0 saturated heterocycles. The molecule has 0 aromatic heterocycles. The largest absolute Gasteiger partial charge is 0.0991 e. The zero-order valence-corrected chi connectivity index (χ0v) is 9.45. The molecule has 0 amide bonds. The summed E-state index contributed by atoms with van der Waals surface area (Å²) in [5.74, 6) is 0. The first-order valence-corrected chi connectivity index (χ1v) is 5.13. The first-order chi connectivity index (χ1) is 6.91. The molecule has 14 heavy (non-hydrogen) atoms. The topological polar surface area (TPSA) is 0 Å². The summed E-state index contributed by atoms with van der Waals surface area (Å²) in [5.41, 5.74) is 0. The van der Waals surface area contributed by atoms with Gasteiger partial charge >= 0.3 is 0 Å². The Balaban J connectivity index is 0. The third kappa shape index (κ3) is 17.0. The maximum absolute atomic E-state index is 3.46. The van der Waals surface area contributed by atoms with Crippen molar-refractivity contribution in [3.63, 3.8) is 0 Å². The molecule has 78 valence electrons. The van der Waals surface area contributed by atoms with E-state index in [2.05, 4.69) is 37.5 Å². The van der Waals surface area contributed by atoms with Gasteiger partial charge in [0.15, 0.2) is 0 Å². The van der Waals surface area contributed by atoms with E-state index in [9.17, 15) is 0 Å². The van der Waals surface area contributed by atoms with Crippen molar-refractivity contribution in [1.29, 1.82) is 0 Å².